The van der Waals surface area contributed by atoms with Gasteiger partial charge in [-0.15, -0.1) is 0 Å². The zero-order chi connectivity index (χ0) is 14.6. The van der Waals surface area contributed by atoms with Crippen molar-refractivity contribution in [1.29, 1.82) is 0 Å². The Morgan fingerprint density at radius 3 is 2.95 bits per heavy atom. The van der Waals surface area contributed by atoms with E-state index in [2.05, 4.69) is 17.4 Å². The summed E-state index contributed by atoms with van der Waals surface area (Å²) >= 11 is 1.68. The summed E-state index contributed by atoms with van der Waals surface area (Å²) in [6.07, 6.45) is 5.27. The molecule has 0 saturated heterocycles. The lowest BCUT2D eigenvalue weighted by Crippen LogP contribution is -2.45. The van der Waals surface area contributed by atoms with Crippen LogP contribution < -0.4 is 10.1 Å². The Morgan fingerprint density at radius 1 is 1.45 bits per heavy atom. The molecular formula is C16H25NO2S. The van der Waals surface area contributed by atoms with Crippen molar-refractivity contribution in [3.8, 4) is 5.75 Å². The van der Waals surface area contributed by atoms with Crippen LogP contribution in [0, 0.1) is 0 Å². The second kappa shape index (κ2) is 6.83. The number of aryl methyl sites for hydroxylation is 1. The number of benzene rings is 1. The number of nitrogens with one attached hydrogen (secondary N) is 1. The van der Waals surface area contributed by atoms with Crippen LogP contribution in [0.4, 0.5) is 0 Å². The van der Waals surface area contributed by atoms with E-state index in [1.165, 1.54) is 11.1 Å². The fourth-order valence-corrected chi connectivity index (χ4v) is 3.48. The molecule has 1 aromatic rings. The van der Waals surface area contributed by atoms with Crippen LogP contribution in [-0.2, 0) is 12.8 Å². The van der Waals surface area contributed by atoms with E-state index in [0.29, 0.717) is 12.6 Å². The lowest BCUT2D eigenvalue weighted by molar-refractivity contribution is 0.0807. The van der Waals surface area contributed by atoms with Gasteiger partial charge in [0.15, 0.2) is 0 Å². The van der Waals surface area contributed by atoms with E-state index >= 15 is 0 Å². The topological polar surface area (TPSA) is 41.5 Å². The number of thioether (sulfide) groups is 1. The van der Waals surface area contributed by atoms with Crippen molar-refractivity contribution >= 4 is 11.8 Å². The summed E-state index contributed by atoms with van der Waals surface area (Å²) in [5.74, 6) is 1.69. The molecular weight excluding hydrogens is 270 g/mol. The van der Waals surface area contributed by atoms with Gasteiger partial charge in [0.1, 0.15) is 5.75 Å². The highest BCUT2D eigenvalue weighted by Crippen LogP contribution is 2.25. The first-order valence-corrected chi connectivity index (χ1v) is 8.54. The molecule has 3 nitrogen and oxygen atoms in total. The van der Waals surface area contributed by atoms with E-state index in [0.717, 1.165) is 30.8 Å². The van der Waals surface area contributed by atoms with Gasteiger partial charge in [0.2, 0.25) is 0 Å². The summed E-state index contributed by atoms with van der Waals surface area (Å²) in [7, 11) is 1.71. The zero-order valence-corrected chi connectivity index (χ0v) is 13.4. The van der Waals surface area contributed by atoms with Crippen LogP contribution in [0.15, 0.2) is 18.2 Å². The standard InChI is InChI=1S/C16H25NO2S/c1-16(18,11-20-3)10-17-14-6-4-12-5-7-15(19-2)9-13(12)8-14/h5,7,9,14,17-18H,4,6,8,10-11H2,1-3H3. The molecule has 0 aromatic heterocycles. The van der Waals surface area contributed by atoms with E-state index < -0.39 is 5.60 Å². The van der Waals surface area contributed by atoms with Crippen LogP contribution >= 0.6 is 11.8 Å². The lowest BCUT2D eigenvalue weighted by Gasteiger charge is -2.30. The minimum atomic E-state index is -0.631. The fourth-order valence-electron chi connectivity index (χ4n) is 2.76. The van der Waals surface area contributed by atoms with E-state index in [1.54, 1.807) is 18.9 Å². The first-order chi connectivity index (χ1) is 9.54. The number of hydrogen-bond donors (Lipinski definition) is 2. The van der Waals surface area contributed by atoms with Crippen LogP contribution in [0.5, 0.6) is 5.75 Å². The van der Waals surface area contributed by atoms with Gasteiger partial charge < -0.3 is 15.2 Å². The Morgan fingerprint density at radius 2 is 2.25 bits per heavy atom. The Kier molecular flexibility index (Phi) is 5.35. The molecule has 1 aromatic carbocycles. The van der Waals surface area contributed by atoms with Gasteiger partial charge in [0, 0.05) is 18.3 Å². The average molecular weight is 295 g/mol. The van der Waals surface area contributed by atoms with Gasteiger partial charge in [-0.1, -0.05) is 6.07 Å². The number of hydrogen-bond acceptors (Lipinski definition) is 4. The normalized spacial score (nSPS) is 21.1. The number of ether oxygens (including phenoxy) is 1. The van der Waals surface area contributed by atoms with Crippen molar-refractivity contribution in [3.05, 3.63) is 29.3 Å². The number of aliphatic hydroxyl groups is 1. The maximum Gasteiger partial charge on any atom is 0.119 e. The highest BCUT2D eigenvalue weighted by Gasteiger charge is 2.24. The van der Waals surface area contributed by atoms with Gasteiger partial charge in [0.25, 0.3) is 0 Å². The molecule has 2 unspecified atom stereocenters. The summed E-state index contributed by atoms with van der Waals surface area (Å²) in [6.45, 7) is 2.55. The lowest BCUT2D eigenvalue weighted by atomic mass is 9.88. The molecule has 0 spiro atoms. The van der Waals surface area contributed by atoms with Gasteiger partial charge >= 0.3 is 0 Å². The van der Waals surface area contributed by atoms with E-state index in [9.17, 15) is 5.11 Å². The van der Waals surface area contributed by atoms with Gasteiger partial charge in [-0.2, -0.15) is 11.8 Å². The first kappa shape index (κ1) is 15.7. The molecule has 4 heteroatoms. The molecule has 0 fully saturated rings. The van der Waals surface area contributed by atoms with Crippen molar-refractivity contribution in [1.82, 2.24) is 5.32 Å². The quantitative estimate of drug-likeness (QED) is 0.845. The molecule has 2 atom stereocenters. The molecule has 0 radical (unpaired) electrons. The van der Waals surface area contributed by atoms with Crippen LogP contribution in [-0.4, -0.2) is 42.4 Å². The van der Waals surface area contributed by atoms with Crippen LogP contribution in [0.25, 0.3) is 0 Å². The maximum atomic E-state index is 10.2. The van der Waals surface area contributed by atoms with Gasteiger partial charge in [-0.25, -0.2) is 0 Å². The third-order valence-corrected chi connectivity index (χ3v) is 4.78. The number of rotatable bonds is 6. The molecule has 112 valence electrons. The number of methoxy groups -OCH3 is 1. The molecule has 1 aliphatic rings. The van der Waals surface area contributed by atoms with E-state index in [4.69, 9.17) is 4.74 Å². The van der Waals surface area contributed by atoms with Crippen molar-refractivity contribution < 1.29 is 9.84 Å². The predicted molar refractivity (Wildman–Crippen MR) is 85.8 cm³/mol. The first-order valence-electron chi connectivity index (χ1n) is 7.14. The highest BCUT2D eigenvalue weighted by molar-refractivity contribution is 7.98. The van der Waals surface area contributed by atoms with Crippen molar-refractivity contribution in [2.24, 2.45) is 0 Å². The SMILES string of the molecule is COc1ccc2c(c1)CC(NCC(C)(O)CSC)CC2. The maximum absolute atomic E-state index is 10.2. The summed E-state index contributed by atoms with van der Waals surface area (Å²) in [6, 6.07) is 6.80. The molecule has 2 N–H and O–H groups in total. The summed E-state index contributed by atoms with van der Waals surface area (Å²) in [5, 5.41) is 13.7. The third kappa shape index (κ3) is 4.14. The van der Waals surface area contributed by atoms with Gasteiger partial charge in [-0.05, 0) is 55.7 Å². The largest absolute Gasteiger partial charge is 0.497 e. The minimum absolute atomic E-state index is 0.447. The molecule has 2 rings (SSSR count). The second-order valence-electron chi connectivity index (χ2n) is 5.89. The summed E-state index contributed by atoms with van der Waals surface area (Å²) in [5.41, 5.74) is 2.17. The average Bonchev–Trinajstić information content (AvgIpc) is 2.44. The van der Waals surface area contributed by atoms with E-state index in [1.807, 2.05) is 19.2 Å². The van der Waals surface area contributed by atoms with Crippen molar-refractivity contribution in [2.45, 2.75) is 37.8 Å². The predicted octanol–water partition coefficient (Wildman–Crippen LogP) is 2.26. The molecule has 0 heterocycles. The Balaban J connectivity index is 1.93. The Labute approximate surface area is 126 Å². The fraction of sp³-hybridized carbons (Fsp3) is 0.625. The molecule has 1 aliphatic carbocycles. The van der Waals surface area contributed by atoms with Crippen LogP contribution in [0.3, 0.4) is 0 Å². The van der Waals surface area contributed by atoms with Crippen LogP contribution in [0.1, 0.15) is 24.5 Å². The third-order valence-electron chi connectivity index (χ3n) is 3.87. The Bertz CT molecular complexity index is 448. The number of fused-ring (bicyclic) bond motifs is 1. The molecule has 0 saturated carbocycles. The molecule has 0 amide bonds. The zero-order valence-electron chi connectivity index (χ0n) is 12.6. The molecule has 0 bridgehead atoms. The summed E-state index contributed by atoms with van der Waals surface area (Å²) < 4.78 is 5.30. The molecule has 20 heavy (non-hydrogen) atoms. The van der Waals surface area contributed by atoms with E-state index in [-0.39, 0.29) is 0 Å². The monoisotopic (exact) mass is 295 g/mol. The van der Waals surface area contributed by atoms with Crippen LogP contribution in [0.2, 0.25) is 0 Å². The summed E-state index contributed by atoms with van der Waals surface area (Å²) in [4.78, 5) is 0. The van der Waals surface area contributed by atoms with Crippen molar-refractivity contribution in [2.75, 3.05) is 25.7 Å². The minimum Gasteiger partial charge on any atom is -0.497 e. The Hall–Kier alpha value is -0.710. The molecule has 0 aliphatic heterocycles. The van der Waals surface area contributed by atoms with Gasteiger partial charge in [0.05, 0.1) is 12.7 Å². The van der Waals surface area contributed by atoms with Gasteiger partial charge in [-0.3, -0.25) is 0 Å². The highest BCUT2D eigenvalue weighted by atomic mass is 32.2. The van der Waals surface area contributed by atoms with Crippen molar-refractivity contribution in [3.63, 3.8) is 0 Å². The smallest absolute Gasteiger partial charge is 0.119 e. The second-order valence-corrected chi connectivity index (χ2v) is 6.75.